The number of benzene rings is 2. The van der Waals surface area contributed by atoms with Gasteiger partial charge in [0.15, 0.2) is 6.72 Å². The Morgan fingerprint density at radius 3 is 2.06 bits per heavy atom. The molecule has 0 N–H and O–H groups in total. The molecule has 0 aliphatic carbocycles. The highest BCUT2D eigenvalue weighted by Crippen LogP contribution is 2.36. The van der Waals surface area contributed by atoms with Crippen molar-refractivity contribution in [3.63, 3.8) is 0 Å². The van der Waals surface area contributed by atoms with Gasteiger partial charge in [0.05, 0.1) is 28.9 Å². The van der Waals surface area contributed by atoms with Gasteiger partial charge in [0.2, 0.25) is 0 Å². The van der Waals surface area contributed by atoms with Crippen molar-refractivity contribution in [2.45, 2.75) is 38.9 Å². The van der Waals surface area contributed by atoms with Gasteiger partial charge in [-0.1, -0.05) is 24.3 Å². The molecular formula is C24H23BN3O5+. The van der Waals surface area contributed by atoms with Gasteiger partial charge in [-0.2, -0.15) is 0 Å². The lowest BCUT2D eigenvalue weighted by Gasteiger charge is -2.32. The van der Waals surface area contributed by atoms with Crippen molar-refractivity contribution >= 4 is 42.7 Å². The fourth-order valence-electron chi connectivity index (χ4n) is 4.15. The molecule has 1 fully saturated rings. The van der Waals surface area contributed by atoms with E-state index in [2.05, 4.69) is 11.8 Å². The number of carbonyl (C=O) groups is 3. The first kappa shape index (κ1) is 21.4. The third-order valence-corrected chi connectivity index (χ3v) is 6.77. The topological polar surface area (TPSA) is 88.3 Å². The molecular weight excluding hydrogens is 421 g/mol. The maximum Gasteiger partial charge on any atom is 0.494 e. The summed E-state index contributed by atoms with van der Waals surface area (Å²) in [5.41, 5.74) is 1.66. The van der Waals surface area contributed by atoms with E-state index in [1.54, 1.807) is 42.5 Å². The van der Waals surface area contributed by atoms with Crippen LogP contribution in [0.1, 0.15) is 64.3 Å². The number of nitrogens with zero attached hydrogens (tertiary/aromatic N) is 3. The second-order valence-electron chi connectivity index (χ2n) is 9.39. The second-order valence-corrected chi connectivity index (χ2v) is 9.39. The summed E-state index contributed by atoms with van der Waals surface area (Å²) >= 11 is 0. The van der Waals surface area contributed by atoms with Gasteiger partial charge in [0.1, 0.15) is 11.3 Å². The van der Waals surface area contributed by atoms with Gasteiger partial charge < -0.3 is 9.31 Å². The Kier molecular flexibility index (Phi) is 4.57. The number of hydrazone groups is 1. The molecule has 0 aromatic heterocycles. The van der Waals surface area contributed by atoms with Crippen LogP contribution in [0, 0.1) is 0 Å². The molecule has 5 rings (SSSR count). The summed E-state index contributed by atoms with van der Waals surface area (Å²) in [7, 11) is -0.631. The van der Waals surface area contributed by atoms with Crippen molar-refractivity contribution < 1.29 is 28.4 Å². The normalized spacial score (nSPS) is 20.8. The lowest BCUT2D eigenvalue weighted by Crippen LogP contribution is -2.41. The zero-order chi connectivity index (χ0) is 23.7. The van der Waals surface area contributed by atoms with Gasteiger partial charge in [-0.15, -0.1) is 0 Å². The Balaban J connectivity index is 1.51. The molecule has 33 heavy (non-hydrogen) atoms. The van der Waals surface area contributed by atoms with Crippen LogP contribution in [0.4, 0.5) is 0 Å². The molecule has 3 aliphatic heterocycles. The molecule has 3 amide bonds. The zero-order valence-electron chi connectivity index (χ0n) is 18.9. The number of fused-ring (bicyclic) bond motifs is 2. The van der Waals surface area contributed by atoms with Crippen LogP contribution in [0.2, 0.25) is 0 Å². The van der Waals surface area contributed by atoms with Crippen molar-refractivity contribution in [3.05, 3.63) is 64.7 Å². The Morgan fingerprint density at radius 1 is 0.909 bits per heavy atom. The van der Waals surface area contributed by atoms with E-state index in [0.717, 1.165) is 9.58 Å². The molecule has 1 saturated heterocycles. The fourth-order valence-corrected chi connectivity index (χ4v) is 4.15. The van der Waals surface area contributed by atoms with Crippen molar-refractivity contribution in [1.29, 1.82) is 0 Å². The van der Waals surface area contributed by atoms with Gasteiger partial charge >= 0.3 is 13.0 Å². The maximum absolute atomic E-state index is 12.9. The molecule has 0 spiro atoms. The van der Waals surface area contributed by atoms with Gasteiger partial charge in [-0.3, -0.25) is 14.5 Å². The second kappa shape index (κ2) is 7.03. The van der Waals surface area contributed by atoms with Crippen LogP contribution in [0.5, 0.6) is 0 Å². The number of rotatable bonds is 3. The van der Waals surface area contributed by atoms with Crippen LogP contribution < -0.4 is 5.46 Å². The standard InChI is InChI=1S/C24H23BN3O5/c1-23(2)24(3,4)33-25(32-23)14-10-11-17-18(12-14)19(26-27(5)20(17)29)13-28-21(30)15-8-6-7-9-16(15)22(28)31/h6-12H,5,13H2,1-4H3/q+1. The van der Waals surface area contributed by atoms with Crippen LogP contribution in [-0.4, -0.2) is 64.6 Å². The van der Waals surface area contributed by atoms with E-state index in [-0.39, 0.29) is 12.5 Å². The summed E-state index contributed by atoms with van der Waals surface area (Å²) in [6.07, 6.45) is 0. The van der Waals surface area contributed by atoms with E-state index in [1.807, 2.05) is 27.7 Å². The highest BCUT2D eigenvalue weighted by Gasteiger charge is 2.52. The average molecular weight is 444 g/mol. The van der Waals surface area contributed by atoms with E-state index in [9.17, 15) is 14.4 Å². The van der Waals surface area contributed by atoms with E-state index in [4.69, 9.17) is 9.31 Å². The Bertz CT molecular complexity index is 1250. The molecule has 0 atom stereocenters. The maximum atomic E-state index is 12.9. The van der Waals surface area contributed by atoms with Crippen LogP contribution in [0.25, 0.3) is 0 Å². The van der Waals surface area contributed by atoms with Crippen molar-refractivity contribution in [1.82, 2.24) is 4.90 Å². The third kappa shape index (κ3) is 3.19. The molecule has 0 saturated carbocycles. The summed E-state index contributed by atoms with van der Waals surface area (Å²) in [5.74, 6) is -1.17. The van der Waals surface area contributed by atoms with E-state index >= 15 is 0 Å². The van der Waals surface area contributed by atoms with Gasteiger partial charge in [-0.05, 0) is 56.0 Å². The third-order valence-electron chi connectivity index (χ3n) is 6.77. The van der Waals surface area contributed by atoms with Crippen LogP contribution in [-0.2, 0) is 9.31 Å². The first-order valence-electron chi connectivity index (χ1n) is 10.7. The van der Waals surface area contributed by atoms with Crippen LogP contribution in [0.3, 0.4) is 0 Å². The average Bonchev–Trinajstić information content (AvgIpc) is 3.14. The molecule has 0 radical (unpaired) electrons. The predicted molar refractivity (Wildman–Crippen MR) is 122 cm³/mol. The Labute approximate surface area is 191 Å². The molecule has 9 heteroatoms. The van der Waals surface area contributed by atoms with Crippen molar-refractivity contribution in [3.8, 4) is 0 Å². The number of imide groups is 1. The molecule has 2 aromatic rings. The van der Waals surface area contributed by atoms with Gasteiger partial charge in [-0.25, -0.2) is 4.79 Å². The van der Waals surface area contributed by atoms with Crippen LogP contribution in [0.15, 0.2) is 47.6 Å². The Hall–Kier alpha value is -3.43. The number of hydrogen-bond donors (Lipinski definition) is 0. The predicted octanol–water partition coefficient (Wildman–Crippen LogP) is 1.85. The summed E-state index contributed by atoms with van der Waals surface area (Å²) in [6.45, 7) is 11.4. The quantitative estimate of drug-likeness (QED) is 0.410. The molecule has 0 bridgehead atoms. The first-order valence-corrected chi connectivity index (χ1v) is 10.7. The Morgan fingerprint density at radius 2 is 1.48 bits per heavy atom. The molecule has 166 valence electrons. The lowest BCUT2D eigenvalue weighted by molar-refractivity contribution is -0.425. The smallest absolute Gasteiger partial charge is 0.399 e. The summed E-state index contributed by atoms with van der Waals surface area (Å²) in [6, 6.07) is 11.9. The number of amides is 3. The monoisotopic (exact) mass is 444 g/mol. The zero-order valence-corrected chi connectivity index (χ0v) is 18.9. The molecule has 8 nitrogen and oxygen atoms in total. The van der Waals surface area contributed by atoms with E-state index < -0.39 is 30.1 Å². The van der Waals surface area contributed by atoms with Crippen molar-refractivity contribution in [2.75, 3.05) is 6.54 Å². The largest absolute Gasteiger partial charge is 0.494 e. The minimum atomic E-state index is -0.631. The van der Waals surface area contributed by atoms with Gasteiger partial charge in [0, 0.05) is 10.7 Å². The van der Waals surface area contributed by atoms with E-state index in [1.165, 1.54) is 0 Å². The summed E-state index contributed by atoms with van der Waals surface area (Å²) in [5, 5.41) is 4.29. The summed E-state index contributed by atoms with van der Waals surface area (Å²) < 4.78 is 13.3. The molecule has 2 aromatic carbocycles. The minimum Gasteiger partial charge on any atom is -0.399 e. The van der Waals surface area contributed by atoms with Crippen LogP contribution >= 0.6 is 0 Å². The summed E-state index contributed by atoms with van der Waals surface area (Å²) in [4.78, 5) is 39.6. The van der Waals surface area contributed by atoms with E-state index in [0.29, 0.717) is 33.4 Å². The lowest BCUT2D eigenvalue weighted by atomic mass is 9.77. The minimum absolute atomic E-state index is 0.0918. The highest BCUT2D eigenvalue weighted by molar-refractivity contribution is 6.62. The first-order chi connectivity index (χ1) is 15.5. The van der Waals surface area contributed by atoms with Gasteiger partial charge in [0.25, 0.3) is 11.8 Å². The molecule has 3 heterocycles. The fraction of sp³-hybridized carbons (Fsp3) is 0.292. The number of hydrogen-bond acceptors (Lipinski definition) is 6. The number of carbonyl (C=O) groups excluding carboxylic acids is 3. The molecule has 0 unspecified atom stereocenters. The van der Waals surface area contributed by atoms with Crippen molar-refractivity contribution in [2.24, 2.45) is 5.10 Å². The molecule has 3 aliphatic rings. The SMILES string of the molecule is C=[N+]1N=C(CN2C(=O)c3ccccc3C2=O)c2cc(B3OC(C)(C)C(C)(C)O3)ccc2C1=O. The highest BCUT2D eigenvalue weighted by atomic mass is 16.7.